The van der Waals surface area contributed by atoms with E-state index >= 15 is 0 Å². The second-order valence-electron chi connectivity index (χ2n) is 8.22. The molecule has 0 spiro atoms. The molecule has 114 valence electrons. The normalized spacial score (nSPS) is 30.5. The van der Waals surface area contributed by atoms with E-state index in [0.717, 1.165) is 30.5 Å². The molecule has 2 N–H and O–H groups in total. The van der Waals surface area contributed by atoms with Crippen LogP contribution in [0.1, 0.15) is 56.0 Å². The van der Waals surface area contributed by atoms with E-state index in [0.29, 0.717) is 17.1 Å². The van der Waals surface area contributed by atoms with Gasteiger partial charge in [-0.1, -0.05) is 26.8 Å². The van der Waals surface area contributed by atoms with Gasteiger partial charge >= 0.3 is 0 Å². The number of hydrogen-bond donors (Lipinski definition) is 1. The predicted octanol–water partition coefficient (Wildman–Crippen LogP) is 3.62. The summed E-state index contributed by atoms with van der Waals surface area (Å²) in [5.74, 6) is 0.146. The molecule has 0 radical (unpaired) electrons. The molecule has 2 atom stereocenters. The van der Waals surface area contributed by atoms with E-state index in [9.17, 15) is 4.79 Å². The topological polar surface area (TPSA) is 46.3 Å². The average Bonchev–Trinajstić information content (AvgIpc) is 2.61. The molecule has 2 unspecified atom stereocenters. The van der Waals surface area contributed by atoms with Crippen LogP contribution in [-0.4, -0.2) is 23.4 Å². The van der Waals surface area contributed by atoms with Crippen molar-refractivity contribution < 1.29 is 4.79 Å². The van der Waals surface area contributed by atoms with Crippen LogP contribution in [0, 0.1) is 17.8 Å². The van der Waals surface area contributed by atoms with Gasteiger partial charge in [-0.25, -0.2) is 0 Å². The fourth-order valence-corrected chi connectivity index (χ4v) is 4.64. The highest BCUT2D eigenvalue weighted by atomic mass is 16.2. The Hall–Kier alpha value is -1.51. The van der Waals surface area contributed by atoms with E-state index in [4.69, 9.17) is 5.73 Å². The number of aryl methyl sites for hydroxylation is 1. The smallest absolute Gasteiger partial charge is 0.254 e. The molecule has 1 saturated carbocycles. The lowest BCUT2D eigenvalue weighted by Gasteiger charge is -2.39. The van der Waals surface area contributed by atoms with Crippen LogP contribution in [0.4, 0.5) is 5.69 Å². The van der Waals surface area contributed by atoms with Gasteiger partial charge in [0.15, 0.2) is 0 Å². The summed E-state index contributed by atoms with van der Waals surface area (Å²) in [6.45, 7) is 9.84. The largest absolute Gasteiger partial charge is 0.398 e. The zero-order valence-electron chi connectivity index (χ0n) is 13.6. The minimum absolute atomic E-state index is 0.146. The maximum absolute atomic E-state index is 12.9. The van der Waals surface area contributed by atoms with Crippen molar-refractivity contribution in [3.05, 3.63) is 29.3 Å². The molecule has 1 amide bonds. The summed E-state index contributed by atoms with van der Waals surface area (Å²) in [5, 5.41) is 0. The van der Waals surface area contributed by atoms with E-state index in [1.807, 2.05) is 25.1 Å². The Labute approximate surface area is 127 Å². The first kappa shape index (κ1) is 14.4. The Morgan fingerprint density at radius 2 is 2.00 bits per heavy atom. The Morgan fingerprint density at radius 3 is 2.67 bits per heavy atom. The number of benzene rings is 1. The third-order valence-electron chi connectivity index (χ3n) is 5.20. The molecule has 21 heavy (non-hydrogen) atoms. The summed E-state index contributed by atoms with van der Waals surface area (Å²) in [4.78, 5) is 15.0. The van der Waals surface area contributed by atoms with Crippen LogP contribution < -0.4 is 5.73 Å². The van der Waals surface area contributed by atoms with Gasteiger partial charge in [-0.2, -0.15) is 0 Å². The van der Waals surface area contributed by atoms with Gasteiger partial charge in [0, 0.05) is 23.8 Å². The lowest BCUT2D eigenvalue weighted by atomic mass is 9.65. The van der Waals surface area contributed by atoms with Crippen molar-refractivity contribution in [3.63, 3.8) is 0 Å². The number of amides is 1. The van der Waals surface area contributed by atoms with Crippen LogP contribution in [-0.2, 0) is 0 Å². The lowest BCUT2D eigenvalue weighted by molar-refractivity contribution is 0.0708. The van der Waals surface area contributed by atoms with Crippen molar-refractivity contribution in [1.29, 1.82) is 0 Å². The molecule has 3 heteroatoms. The fourth-order valence-electron chi connectivity index (χ4n) is 4.64. The van der Waals surface area contributed by atoms with E-state index in [-0.39, 0.29) is 11.3 Å². The maximum Gasteiger partial charge on any atom is 0.254 e. The molecular weight excluding hydrogens is 260 g/mol. The third kappa shape index (κ3) is 2.54. The number of anilines is 1. The van der Waals surface area contributed by atoms with E-state index in [1.165, 1.54) is 6.42 Å². The van der Waals surface area contributed by atoms with Crippen molar-refractivity contribution in [2.75, 3.05) is 12.3 Å². The standard InChI is InChI=1S/C18H26N2O/c1-12-5-6-13(7-15(12)19)16(21)20-11-18(4)9-14(20)8-17(2,3)10-18/h5-7,14H,8-11,19H2,1-4H3. The molecule has 2 fully saturated rings. The van der Waals surface area contributed by atoms with Gasteiger partial charge in [0.25, 0.3) is 5.91 Å². The van der Waals surface area contributed by atoms with E-state index in [1.54, 1.807) is 0 Å². The van der Waals surface area contributed by atoms with Crippen LogP contribution in [0.2, 0.25) is 0 Å². The number of carbonyl (C=O) groups excluding carboxylic acids is 1. The Balaban J connectivity index is 1.87. The molecule has 0 aromatic heterocycles. The second kappa shape index (κ2) is 4.49. The van der Waals surface area contributed by atoms with E-state index < -0.39 is 0 Å². The highest BCUT2D eigenvalue weighted by molar-refractivity contribution is 5.95. The molecule has 2 bridgehead atoms. The molecule has 3 nitrogen and oxygen atoms in total. The van der Waals surface area contributed by atoms with Crippen LogP contribution in [0.5, 0.6) is 0 Å². The highest BCUT2D eigenvalue weighted by Crippen LogP contribution is 2.52. The SMILES string of the molecule is Cc1ccc(C(=O)N2CC3(C)CC2CC(C)(C)C3)cc1N. The first-order valence-electron chi connectivity index (χ1n) is 7.86. The Morgan fingerprint density at radius 1 is 1.29 bits per heavy atom. The number of fused-ring (bicyclic) bond motifs is 2. The molecular formula is C18H26N2O. The Bertz CT molecular complexity index is 593. The quantitative estimate of drug-likeness (QED) is 0.801. The van der Waals surface area contributed by atoms with Gasteiger partial charge in [0.05, 0.1) is 0 Å². The molecule has 1 aliphatic carbocycles. The molecule has 1 saturated heterocycles. The fraction of sp³-hybridized carbons (Fsp3) is 0.611. The summed E-state index contributed by atoms with van der Waals surface area (Å²) < 4.78 is 0. The number of rotatable bonds is 1. The zero-order valence-corrected chi connectivity index (χ0v) is 13.6. The van der Waals surface area contributed by atoms with Crippen LogP contribution >= 0.6 is 0 Å². The summed E-state index contributed by atoms with van der Waals surface area (Å²) in [6, 6.07) is 6.06. The van der Waals surface area contributed by atoms with Gasteiger partial charge < -0.3 is 10.6 Å². The molecule has 3 rings (SSSR count). The van der Waals surface area contributed by atoms with Crippen molar-refractivity contribution in [2.45, 2.75) is 53.0 Å². The number of likely N-dealkylation sites (tertiary alicyclic amines) is 1. The van der Waals surface area contributed by atoms with Gasteiger partial charge in [0.1, 0.15) is 0 Å². The predicted molar refractivity (Wildman–Crippen MR) is 86.2 cm³/mol. The summed E-state index contributed by atoms with van der Waals surface area (Å²) in [7, 11) is 0. The minimum Gasteiger partial charge on any atom is -0.398 e. The van der Waals surface area contributed by atoms with E-state index in [2.05, 4.69) is 25.7 Å². The monoisotopic (exact) mass is 286 g/mol. The van der Waals surface area contributed by atoms with Crippen LogP contribution in [0.3, 0.4) is 0 Å². The first-order chi connectivity index (χ1) is 9.69. The third-order valence-corrected chi connectivity index (χ3v) is 5.20. The lowest BCUT2D eigenvalue weighted by Crippen LogP contribution is -2.37. The summed E-state index contributed by atoms with van der Waals surface area (Å²) >= 11 is 0. The minimum atomic E-state index is 0.146. The molecule has 1 aromatic carbocycles. The number of nitrogens with two attached hydrogens (primary N) is 1. The zero-order chi connectivity index (χ0) is 15.4. The summed E-state index contributed by atoms with van der Waals surface area (Å²) in [6.07, 6.45) is 3.45. The Kier molecular flexibility index (Phi) is 3.09. The van der Waals surface area contributed by atoms with Crippen molar-refractivity contribution in [2.24, 2.45) is 10.8 Å². The van der Waals surface area contributed by atoms with Gasteiger partial charge in [-0.3, -0.25) is 4.79 Å². The maximum atomic E-state index is 12.9. The molecule has 1 heterocycles. The van der Waals surface area contributed by atoms with Crippen molar-refractivity contribution >= 4 is 11.6 Å². The molecule has 1 aromatic rings. The number of hydrogen-bond acceptors (Lipinski definition) is 2. The summed E-state index contributed by atoms with van der Waals surface area (Å²) in [5.41, 5.74) is 9.03. The molecule has 1 aliphatic heterocycles. The number of carbonyl (C=O) groups is 1. The van der Waals surface area contributed by atoms with Gasteiger partial charge in [-0.15, -0.1) is 0 Å². The second-order valence-corrected chi connectivity index (χ2v) is 8.22. The highest BCUT2D eigenvalue weighted by Gasteiger charge is 2.50. The van der Waals surface area contributed by atoms with Crippen molar-refractivity contribution in [3.8, 4) is 0 Å². The van der Waals surface area contributed by atoms with Crippen molar-refractivity contribution in [1.82, 2.24) is 4.90 Å². The van der Waals surface area contributed by atoms with Gasteiger partial charge in [0.2, 0.25) is 0 Å². The van der Waals surface area contributed by atoms with Crippen LogP contribution in [0.25, 0.3) is 0 Å². The average molecular weight is 286 g/mol. The first-order valence-corrected chi connectivity index (χ1v) is 7.86. The van der Waals surface area contributed by atoms with Gasteiger partial charge in [-0.05, 0) is 54.7 Å². The molecule has 2 aliphatic rings. The number of nitrogens with zero attached hydrogens (tertiary/aromatic N) is 1. The number of nitrogen functional groups attached to an aromatic ring is 1. The van der Waals surface area contributed by atoms with Crippen LogP contribution in [0.15, 0.2) is 18.2 Å².